The molecule has 0 spiro atoms. The van der Waals surface area contributed by atoms with Crippen molar-refractivity contribution in [3.05, 3.63) is 47.0 Å². The van der Waals surface area contributed by atoms with E-state index in [1.54, 1.807) is 23.6 Å². The molecule has 5 rings (SSSR count). The number of nitrogens with one attached hydrogen (secondary N) is 1. The number of fused-ring (bicyclic) bond motifs is 2. The first-order valence-corrected chi connectivity index (χ1v) is 9.39. The zero-order chi connectivity index (χ0) is 18.2. The second-order valence-corrected chi connectivity index (χ2v) is 7.45. The number of benzene rings is 1. The first-order valence-electron chi connectivity index (χ1n) is 8.58. The summed E-state index contributed by atoms with van der Waals surface area (Å²) in [6.45, 7) is 3.09. The zero-order valence-electron chi connectivity index (χ0n) is 14.6. The maximum atomic E-state index is 5.44. The van der Waals surface area contributed by atoms with Crippen molar-refractivity contribution in [2.45, 2.75) is 13.3 Å². The summed E-state index contributed by atoms with van der Waals surface area (Å²) in [5.41, 5.74) is 1.18. The van der Waals surface area contributed by atoms with E-state index >= 15 is 0 Å². The third-order valence-corrected chi connectivity index (χ3v) is 5.26. The van der Waals surface area contributed by atoms with Crippen LogP contribution in [0.15, 0.2) is 41.1 Å². The quantitative estimate of drug-likeness (QED) is 0.559. The Balaban J connectivity index is 1.39. The van der Waals surface area contributed by atoms with E-state index in [0.717, 1.165) is 40.5 Å². The lowest BCUT2D eigenvalue weighted by Crippen LogP contribution is -2.07. The van der Waals surface area contributed by atoms with Crippen LogP contribution in [-0.2, 0) is 6.42 Å². The molecule has 1 aromatic carbocycles. The summed E-state index contributed by atoms with van der Waals surface area (Å²) in [6, 6.07) is 9.89. The van der Waals surface area contributed by atoms with E-state index in [9.17, 15) is 0 Å². The molecule has 136 valence electrons. The van der Waals surface area contributed by atoms with Crippen molar-refractivity contribution in [3.8, 4) is 23.1 Å². The highest BCUT2D eigenvalue weighted by Crippen LogP contribution is 2.33. The van der Waals surface area contributed by atoms with Crippen LogP contribution in [-0.4, -0.2) is 28.5 Å². The largest absolute Gasteiger partial charge is 0.454 e. The minimum atomic E-state index is 0.290. The topological polar surface area (TPSA) is 82.3 Å². The molecule has 8 heteroatoms. The lowest BCUT2D eigenvalue weighted by Gasteiger charge is -2.08. The van der Waals surface area contributed by atoms with Gasteiger partial charge >= 0.3 is 0 Å². The van der Waals surface area contributed by atoms with Gasteiger partial charge in [-0.3, -0.25) is 0 Å². The number of nitrogens with zero attached hydrogens (tertiary/aromatic N) is 3. The molecule has 4 aromatic rings. The van der Waals surface area contributed by atoms with Gasteiger partial charge in [0.05, 0.1) is 11.6 Å². The molecule has 0 atom stereocenters. The second-order valence-electron chi connectivity index (χ2n) is 6.21. The predicted octanol–water partition coefficient (Wildman–Crippen LogP) is 4.04. The normalized spacial score (nSPS) is 12.6. The summed E-state index contributed by atoms with van der Waals surface area (Å²) in [5, 5.41) is 8.21. The Morgan fingerprint density at radius 1 is 1.11 bits per heavy atom. The van der Waals surface area contributed by atoms with E-state index in [2.05, 4.69) is 39.5 Å². The van der Waals surface area contributed by atoms with Crippen LogP contribution in [0.25, 0.3) is 21.8 Å². The fourth-order valence-electron chi connectivity index (χ4n) is 3.04. The average molecular weight is 380 g/mol. The van der Waals surface area contributed by atoms with E-state index in [0.29, 0.717) is 11.6 Å². The van der Waals surface area contributed by atoms with Crippen LogP contribution in [0.4, 0.5) is 5.82 Å². The molecule has 1 N–H and O–H groups in total. The first-order chi connectivity index (χ1) is 13.3. The maximum absolute atomic E-state index is 5.44. The Morgan fingerprint density at radius 2 is 2.04 bits per heavy atom. The Labute approximate surface area is 159 Å². The van der Waals surface area contributed by atoms with Crippen LogP contribution in [0.1, 0.15) is 10.4 Å². The van der Waals surface area contributed by atoms with Crippen LogP contribution in [0, 0.1) is 6.92 Å². The Bertz CT molecular complexity index is 1110. The summed E-state index contributed by atoms with van der Waals surface area (Å²) in [7, 11) is 0. The van der Waals surface area contributed by atoms with E-state index in [4.69, 9.17) is 14.0 Å². The van der Waals surface area contributed by atoms with Gasteiger partial charge in [-0.15, -0.1) is 11.3 Å². The maximum Gasteiger partial charge on any atom is 0.231 e. The van der Waals surface area contributed by atoms with Crippen molar-refractivity contribution < 1.29 is 14.0 Å². The Morgan fingerprint density at radius 3 is 2.93 bits per heavy atom. The van der Waals surface area contributed by atoms with Gasteiger partial charge in [-0.2, -0.15) is 0 Å². The molecule has 1 aliphatic rings. The number of hydrogen-bond donors (Lipinski definition) is 1. The van der Waals surface area contributed by atoms with Crippen LogP contribution in [0.3, 0.4) is 0 Å². The van der Waals surface area contributed by atoms with Gasteiger partial charge in [0, 0.05) is 17.5 Å². The molecule has 0 saturated carbocycles. The lowest BCUT2D eigenvalue weighted by atomic mass is 10.1. The van der Waals surface area contributed by atoms with Crippen molar-refractivity contribution in [2.24, 2.45) is 0 Å². The molecule has 1 aliphatic heterocycles. The van der Waals surface area contributed by atoms with Gasteiger partial charge in [0.1, 0.15) is 10.6 Å². The van der Waals surface area contributed by atoms with Gasteiger partial charge in [0.2, 0.25) is 18.4 Å². The van der Waals surface area contributed by atoms with E-state index in [-0.39, 0.29) is 6.79 Å². The number of aryl methyl sites for hydroxylation is 1. The highest BCUT2D eigenvalue weighted by atomic mass is 32.1. The van der Waals surface area contributed by atoms with Gasteiger partial charge in [0.15, 0.2) is 11.5 Å². The third-order valence-electron chi connectivity index (χ3n) is 4.32. The summed E-state index contributed by atoms with van der Waals surface area (Å²) in [6.07, 6.45) is 2.43. The highest BCUT2D eigenvalue weighted by molar-refractivity contribution is 7.18. The molecule has 0 fully saturated rings. The summed E-state index contributed by atoms with van der Waals surface area (Å²) in [4.78, 5) is 11.4. The average Bonchev–Trinajstić information content (AvgIpc) is 3.41. The predicted molar refractivity (Wildman–Crippen MR) is 102 cm³/mol. The molecule has 4 heterocycles. The smallest absolute Gasteiger partial charge is 0.231 e. The number of hydrogen-bond acceptors (Lipinski definition) is 8. The van der Waals surface area contributed by atoms with Crippen LogP contribution < -0.4 is 14.8 Å². The SMILES string of the molecule is Cc1cc2c(NCCc3ccc4c(c3)OCO4)nc(-c3ccno3)nc2s1. The van der Waals surface area contributed by atoms with Crippen LogP contribution in [0.2, 0.25) is 0 Å². The molecule has 0 radical (unpaired) electrons. The fourth-order valence-corrected chi connectivity index (χ4v) is 3.92. The van der Waals surface area contributed by atoms with Crippen molar-refractivity contribution >= 4 is 27.4 Å². The first kappa shape index (κ1) is 16.1. The van der Waals surface area contributed by atoms with Gasteiger partial charge in [-0.05, 0) is 37.1 Å². The highest BCUT2D eigenvalue weighted by Gasteiger charge is 2.15. The molecule has 7 nitrogen and oxygen atoms in total. The van der Waals surface area contributed by atoms with Crippen molar-refractivity contribution in [1.82, 2.24) is 15.1 Å². The molecule has 0 amide bonds. The molecule has 3 aromatic heterocycles. The number of aromatic nitrogens is 3. The Hall–Kier alpha value is -3.13. The van der Waals surface area contributed by atoms with Crippen molar-refractivity contribution in [2.75, 3.05) is 18.7 Å². The molecule has 27 heavy (non-hydrogen) atoms. The molecular weight excluding hydrogens is 364 g/mol. The molecule has 0 saturated heterocycles. The number of ether oxygens (including phenoxy) is 2. The fraction of sp³-hybridized carbons (Fsp3) is 0.211. The van der Waals surface area contributed by atoms with E-state index in [1.807, 2.05) is 12.1 Å². The monoisotopic (exact) mass is 380 g/mol. The minimum absolute atomic E-state index is 0.290. The summed E-state index contributed by atoms with van der Waals surface area (Å²) < 4.78 is 16.0. The Kier molecular flexibility index (Phi) is 3.90. The third kappa shape index (κ3) is 3.08. The van der Waals surface area contributed by atoms with Crippen LogP contribution in [0.5, 0.6) is 11.5 Å². The number of rotatable bonds is 5. The van der Waals surface area contributed by atoms with Crippen LogP contribution >= 0.6 is 11.3 Å². The van der Waals surface area contributed by atoms with Crippen molar-refractivity contribution in [3.63, 3.8) is 0 Å². The van der Waals surface area contributed by atoms with Crippen molar-refractivity contribution in [1.29, 1.82) is 0 Å². The van der Waals surface area contributed by atoms with Gasteiger partial charge in [-0.25, -0.2) is 9.97 Å². The molecule has 0 aliphatic carbocycles. The van der Waals surface area contributed by atoms with E-state index < -0.39 is 0 Å². The minimum Gasteiger partial charge on any atom is -0.454 e. The molecule has 0 unspecified atom stereocenters. The summed E-state index contributed by atoms with van der Waals surface area (Å²) >= 11 is 1.64. The standard InChI is InChI=1S/C19H16N4O3S/c1-11-8-13-17(22-18(23-19(13)27-11)15-5-7-21-26-15)20-6-4-12-2-3-14-16(9-12)25-10-24-14/h2-3,5,7-9H,4,6,10H2,1H3,(H,20,22,23). The molecular formula is C19H16N4O3S. The second kappa shape index (κ2) is 6.55. The lowest BCUT2D eigenvalue weighted by molar-refractivity contribution is 0.174. The van der Waals surface area contributed by atoms with Gasteiger partial charge in [-0.1, -0.05) is 11.2 Å². The number of thiophene rings is 1. The molecule has 0 bridgehead atoms. The van der Waals surface area contributed by atoms with Gasteiger partial charge in [0.25, 0.3) is 0 Å². The number of anilines is 1. The zero-order valence-corrected chi connectivity index (χ0v) is 15.4. The van der Waals surface area contributed by atoms with E-state index in [1.165, 1.54) is 10.4 Å². The van der Waals surface area contributed by atoms with Gasteiger partial charge < -0.3 is 19.3 Å². The summed E-state index contributed by atoms with van der Waals surface area (Å²) in [5.74, 6) is 3.50.